The fourth-order valence-electron chi connectivity index (χ4n) is 0.595. The monoisotopic (exact) mass is 146 g/mol. The molecule has 10 heavy (non-hydrogen) atoms. The zero-order valence-electron chi connectivity index (χ0n) is 6.80. The van der Waals surface area contributed by atoms with Gasteiger partial charge in [-0.3, -0.25) is 0 Å². The molecule has 0 saturated heterocycles. The summed E-state index contributed by atoms with van der Waals surface area (Å²) in [7, 11) is 0. The fraction of sp³-hybridized carbons (Fsp3) is 1.00. The van der Waals surface area contributed by atoms with Crippen LogP contribution in [0.3, 0.4) is 0 Å². The van der Waals surface area contributed by atoms with Crippen molar-refractivity contribution < 1.29 is 5.11 Å². The molecule has 2 atom stereocenters. The number of hydrogen-bond donors (Lipinski definition) is 3. The van der Waals surface area contributed by atoms with Crippen LogP contribution in [-0.2, 0) is 0 Å². The highest BCUT2D eigenvalue weighted by atomic mass is 16.3. The van der Waals surface area contributed by atoms with E-state index in [0.29, 0.717) is 6.04 Å². The molecule has 0 aromatic rings. The van der Waals surface area contributed by atoms with Gasteiger partial charge in [0.2, 0.25) is 0 Å². The minimum absolute atomic E-state index is 0.179. The summed E-state index contributed by atoms with van der Waals surface area (Å²) in [5, 5.41) is 11.6. The molecule has 3 heteroatoms. The molecule has 0 bridgehead atoms. The first-order valence-electron chi connectivity index (χ1n) is 3.78. The Hall–Kier alpha value is -0.120. The van der Waals surface area contributed by atoms with Crippen LogP contribution in [0.15, 0.2) is 0 Å². The van der Waals surface area contributed by atoms with E-state index in [2.05, 4.69) is 5.32 Å². The van der Waals surface area contributed by atoms with E-state index in [1.54, 1.807) is 0 Å². The van der Waals surface area contributed by atoms with Gasteiger partial charge in [-0.1, -0.05) is 0 Å². The number of nitrogens with one attached hydrogen (secondary N) is 1. The van der Waals surface area contributed by atoms with Crippen molar-refractivity contribution in [2.45, 2.75) is 32.4 Å². The second-order valence-electron chi connectivity index (χ2n) is 2.68. The summed E-state index contributed by atoms with van der Waals surface area (Å²) in [5.74, 6) is 0. The van der Waals surface area contributed by atoms with Crippen molar-refractivity contribution in [3.05, 3.63) is 0 Å². The standard InChI is InChI=1S/C7H18N2O/c1-6(8)7(2)9-4-3-5-10/h6-7,9-10H,3-5,8H2,1-2H3. The summed E-state index contributed by atoms with van der Waals surface area (Å²) >= 11 is 0. The highest BCUT2D eigenvalue weighted by molar-refractivity contribution is 4.69. The number of rotatable bonds is 5. The summed E-state index contributed by atoms with van der Waals surface area (Å²) in [6.45, 7) is 5.11. The van der Waals surface area contributed by atoms with E-state index in [0.717, 1.165) is 13.0 Å². The van der Waals surface area contributed by atoms with Crippen LogP contribution in [0.2, 0.25) is 0 Å². The first kappa shape index (κ1) is 9.88. The molecule has 0 aliphatic rings. The third-order valence-electron chi connectivity index (χ3n) is 1.59. The summed E-state index contributed by atoms with van der Waals surface area (Å²) in [5.41, 5.74) is 5.59. The fourth-order valence-corrected chi connectivity index (χ4v) is 0.595. The third-order valence-corrected chi connectivity index (χ3v) is 1.59. The lowest BCUT2D eigenvalue weighted by Crippen LogP contribution is -2.41. The van der Waals surface area contributed by atoms with Crippen molar-refractivity contribution in [2.75, 3.05) is 13.2 Å². The Labute approximate surface area is 62.6 Å². The smallest absolute Gasteiger partial charge is 0.0443 e. The average Bonchev–Trinajstić information content (AvgIpc) is 1.88. The van der Waals surface area contributed by atoms with E-state index in [1.165, 1.54) is 0 Å². The van der Waals surface area contributed by atoms with Gasteiger partial charge >= 0.3 is 0 Å². The molecule has 0 aromatic carbocycles. The van der Waals surface area contributed by atoms with Crippen molar-refractivity contribution in [1.29, 1.82) is 0 Å². The number of nitrogens with two attached hydrogens (primary N) is 1. The molecule has 0 aromatic heterocycles. The summed E-state index contributed by atoms with van der Waals surface area (Å²) in [6, 6.07) is 0.519. The van der Waals surface area contributed by atoms with Crippen LogP contribution in [0.1, 0.15) is 20.3 Å². The molecule has 4 N–H and O–H groups in total. The van der Waals surface area contributed by atoms with E-state index in [4.69, 9.17) is 10.8 Å². The van der Waals surface area contributed by atoms with Crippen molar-refractivity contribution in [2.24, 2.45) is 5.73 Å². The number of hydrogen-bond acceptors (Lipinski definition) is 3. The number of aliphatic hydroxyl groups excluding tert-OH is 1. The lowest BCUT2D eigenvalue weighted by molar-refractivity contribution is 0.282. The highest BCUT2D eigenvalue weighted by Gasteiger charge is 2.04. The van der Waals surface area contributed by atoms with Crippen LogP contribution in [0.25, 0.3) is 0 Å². The molecule has 0 radical (unpaired) electrons. The van der Waals surface area contributed by atoms with Gasteiger partial charge in [0, 0.05) is 18.7 Å². The Morgan fingerprint density at radius 3 is 2.50 bits per heavy atom. The Bertz CT molecular complexity index is 76.0. The largest absolute Gasteiger partial charge is 0.396 e. The zero-order chi connectivity index (χ0) is 7.98. The Morgan fingerprint density at radius 2 is 2.10 bits per heavy atom. The molecule has 3 nitrogen and oxygen atoms in total. The topological polar surface area (TPSA) is 58.3 Å². The van der Waals surface area contributed by atoms with Crippen LogP contribution in [0.5, 0.6) is 0 Å². The molecule has 0 rings (SSSR count). The van der Waals surface area contributed by atoms with Gasteiger partial charge in [0.15, 0.2) is 0 Å². The van der Waals surface area contributed by atoms with Crippen LogP contribution in [0, 0.1) is 0 Å². The summed E-state index contributed by atoms with van der Waals surface area (Å²) in [4.78, 5) is 0. The van der Waals surface area contributed by atoms with Gasteiger partial charge in [-0.25, -0.2) is 0 Å². The predicted octanol–water partition coefficient (Wildman–Crippen LogP) is -0.306. The third kappa shape index (κ3) is 4.73. The minimum Gasteiger partial charge on any atom is -0.396 e. The van der Waals surface area contributed by atoms with Gasteiger partial charge in [-0.05, 0) is 26.8 Å². The van der Waals surface area contributed by atoms with Gasteiger partial charge in [0.05, 0.1) is 0 Å². The molecular weight excluding hydrogens is 128 g/mol. The molecular formula is C7H18N2O. The Morgan fingerprint density at radius 1 is 1.50 bits per heavy atom. The van der Waals surface area contributed by atoms with Crippen molar-refractivity contribution in [1.82, 2.24) is 5.32 Å². The molecule has 0 aliphatic heterocycles. The molecule has 62 valence electrons. The van der Waals surface area contributed by atoms with Gasteiger partial charge < -0.3 is 16.2 Å². The highest BCUT2D eigenvalue weighted by Crippen LogP contribution is 1.86. The maximum atomic E-state index is 8.45. The molecule has 0 aliphatic carbocycles. The lowest BCUT2D eigenvalue weighted by atomic mass is 10.2. The predicted molar refractivity (Wildman–Crippen MR) is 42.8 cm³/mol. The zero-order valence-corrected chi connectivity index (χ0v) is 6.80. The SMILES string of the molecule is CC(N)C(C)NCCCO. The molecule has 0 amide bonds. The van der Waals surface area contributed by atoms with Crippen LogP contribution in [0.4, 0.5) is 0 Å². The quantitative estimate of drug-likeness (QED) is 0.466. The maximum absolute atomic E-state index is 8.45. The Kier molecular flexibility index (Phi) is 5.58. The van der Waals surface area contributed by atoms with Gasteiger partial charge in [-0.2, -0.15) is 0 Å². The summed E-state index contributed by atoms with van der Waals surface area (Å²) in [6.07, 6.45) is 0.803. The van der Waals surface area contributed by atoms with Crippen molar-refractivity contribution in [3.8, 4) is 0 Å². The molecule has 0 spiro atoms. The van der Waals surface area contributed by atoms with E-state index in [1.807, 2.05) is 13.8 Å². The van der Waals surface area contributed by atoms with Crippen LogP contribution >= 0.6 is 0 Å². The van der Waals surface area contributed by atoms with Gasteiger partial charge in [0.1, 0.15) is 0 Å². The molecule has 0 fully saturated rings. The van der Waals surface area contributed by atoms with E-state index >= 15 is 0 Å². The number of aliphatic hydroxyl groups is 1. The van der Waals surface area contributed by atoms with Crippen LogP contribution < -0.4 is 11.1 Å². The van der Waals surface area contributed by atoms with Crippen LogP contribution in [-0.4, -0.2) is 30.3 Å². The second kappa shape index (κ2) is 5.65. The van der Waals surface area contributed by atoms with Gasteiger partial charge in [-0.15, -0.1) is 0 Å². The molecule has 2 unspecified atom stereocenters. The molecule has 0 saturated carbocycles. The normalized spacial score (nSPS) is 16.8. The molecule has 0 heterocycles. The Balaban J connectivity index is 3.13. The van der Waals surface area contributed by atoms with E-state index < -0.39 is 0 Å². The second-order valence-corrected chi connectivity index (χ2v) is 2.68. The lowest BCUT2D eigenvalue weighted by Gasteiger charge is -2.16. The summed E-state index contributed by atoms with van der Waals surface area (Å²) < 4.78 is 0. The minimum atomic E-state index is 0.179. The first-order chi connectivity index (χ1) is 4.68. The van der Waals surface area contributed by atoms with E-state index in [9.17, 15) is 0 Å². The van der Waals surface area contributed by atoms with Crippen molar-refractivity contribution >= 4 is 0 Å². The first-order valence-corrected chi connectivity index (χ1v) is 3.78. The maximum Gasteiger partial charge on any atom is 0.0443 e. The van der Waals surface area contributed by atoms with E-state index in [-0.39, 0.29) is 12.6 Å². The van der Waals surface area contributed by atoms with Gasteiger partial charge in [0.25, 0.3) is 0 Å². The van der Waals surface area contributed by atoms with Crippen molar-refractivity contribution in [3.63, 3.8) is 0 Å². The average molecular weight is 146 g/mol.